The number of benzene rings is 2. The van der Waals surface area contributed by atoms with E-state index in [1.807, 2.05) is 39.0 Å². The Labute approximate surface area is 374 Å². The van der Waals surface area contributed by atoms with Crippen LogP contribution in [0.4, 0.5) is 11.4 Å². The van der Waals surface area contributed by atoms with Gasteiger partial charge in [0, 0.05) is 41.1 Å². The Hall–Kier alpha value is 0.343. The smallest absolute Gasteiger partial charge is 0.748 e. The summed E-state index contributed by atoms with van der Waals surface area (Å²) in [6, 6.07) is 9.77. The summed E-state index contributed by atoms with van der Waals surface area (Å²) in [6.45, 7) is 9.06. The molecule has 0 N–H and O–H groups in total. The van der Waals surface area contributed by atoms with Gasteiger partial charge in [0.2, 0.25) is 5.69 Å². The molecule has 0 unspecified atom stereocenters. The maximum absolute atomic E-state index is 12.9. The zero-order valence-corrected chi connectivity index (χ0v) is 38.0. The minimum Gasteiger partial charge on any atom is -0.748 e. The summed E-state index contributed by atoms with van der Waals surface area (Å²) in [5, 5.41) is 0. The van der Waals surface area contributed by atoms with Crippen LogP contribution >= 0.6 is 0 Å². The second-order valence-electron chi connectivity index (χ2n) is 12.7. The fourth-order valence-corrected chi connectivity index (χ4v) is 9.40. The largest absolute Gasteiger partial charge is 1.00 e. The van der Waals surface area contributed by atoms with Gasteiger partial charge >= 0.3 is 103 Å². The molecule has 2 aromatic carbocycles. The maximum atomic E-state index is 12.9. The molecule has 0 fully saturated rings. The molecule has 0 bridgehead atoms. The number of sulfone groups is 1. The molecular formula is C30H36K2N2O11S4. The van der Waals surface area contributed by atoms with E-state index < -0.39 is 74.0 Å². The van der Waals surface area contributed by atoms with Gasteiger partial charge < -0.3 is 18.6 Å². The van der Waals surface area contributed by atoms with E-state index in [-0.39, 0.29) is 121 Å². The predicted molar refractivity (Wildman–Crippen MR) is 174 cm³/mol. The molecule has 0 spiro atoms. The summed E-state index contributed by atoms with van der Waals surface area (Å²) in [7, 11) is -18.1. The topological polar surface area (TPSA) is 212 Å². The van der Waals surface area contributed by atoms with Crippen LogP contribution in [0.3, 0.4) is 0 Å². The van der Waals surface area contributed by atoms with Gasteiger partial charge in [-0.15, -0.1) is 0 Å². The molecule has 2 aromatic rings. The average molecular weight is 807 g/mol. The molecule has 2 aliphatic rings. The van der Waals surface area contributed by atoms with Crippen LogP contribution in [0.5, 0.6) is 0 Å². The summed E-state index contributed by atoms with van der Waals surface area (Å²) in [4.78, 5) is 1.55. The Kier molecular flexibility index (Phi) is 15.2. The number of hydrogen-bond acceptors (Lipinski definition) is 12. The first-order chi connectivity index (χ1) is 21.3. The zero-order chi connectivity index (χ0) is 35.4. The standard InChI is InChI=1S/C30H38N2O11S4.2K/c1-21-9-11-25-23(19-21)29(2,3)27(31(25)13-15-45(35,36)37)7-6-8-28-30(4,5)24-20-22(44(33,34)17-18-47(41,42)43)10-12-26(24)32(28)14-16-46(38,39)40;;/h6-12,19-20H,13-18H2,1-5H3,(H2-,35,36,37,38,39,40,41,42,43);;/q;2*+1/p-2. The molecule has 49 heavy (non-hydrogen) atoms. The average Bonchev–Trinajstić information content (AvgIpc) is 3.26. The fourth-order valence-electron chi connectivity index (χ4n) is 6.09. The first kappa shape index (κ1) is 45.5. The molecule has 0 saturated carbocycles. The van der Waals surface area contributed by atoms with E-state index in [1.54, 1.807) is 41.6 Å². The molecule has 258 valence electrons. The molecule has 19 heteroatoms. The van der Waals surface area contributed by atoms with E-state index in [0.29, 0.717) is 22.7 Å². The molecular weight excluding hydrogens is 771 g/mol. The van der Waals surface area contributed by atoms with Crippen LogP contribution < -0.4 is 108 Å². The van der Waals surface area contributed by atoms with Crippen LogP contribution in [0, 0.1) is 6.92 Å². The van der Waals surface area contributed by atoms with E-state index >= 15 is 0 Å². The molecule has 0 atom stereocenters. The number of hydrogen-bond donors (Lipinski definition) is 0. The van der Waals surface area contributed by atoms with Gasteiger partial charge in [0.1, 0.15) is 10.1 Å². The van der Waals surface area contributed by atoms with Crippen LogP contribution in [0.15, 0.2) is 65.2 Å². The van der Waals surface area contributed by atoms with Crippen molar-refractivity contribution in [3.63, 3.8) is 0 Å². The van der Waals surface area contributed by atoms with Gasteiger partial charge in [-0.1, -0.05) is 37.6 Å². The molecule has 0 amide bonds. The van der Waals surface area contributed by atoms with Crippen LogP contribution in [0.2, 0.25) is 0 Å². The van der Waals surface area contributed by atoms with Crippen molar-refractivity contribution >= 4 is 57.3 Å². The minimum absolute atomic E-state index is 0. The summed E-state index contributed by atoms with van der Waals surface area (Å²) >= 11 is 0. The van der Waals surface area contributed by atoms with Gasteiger partial charge in [-0.25, -0.2) is 33.7 Å². The van der Waals surface area contributed by atoms with Crippen LogP contribution in [-0.4, -0.2) is 93.7 Å². The molecule has 2 aliphatic heterocycles. The van der Waals surface area contributed by atoms with Crippen LogP contribution in [0.1, 0.15) is 44.4 Å². The van der Waals surface area contributed by atoms with Gasteiger partial charge in [-0.05, 0) is 50.6 Å². The van der Waals surface area contributed by atoms with Crippen molar-refractivity contribution in [1.82, 2.24) is 0 Å². The van der Waals surface area contributed by atoms with Crippen molar-refractivity contribution < 1.29 is 155 Å². The van der Waals surface area contributed by atoms with E-state index in [2.05, 4.69) is 0 Å². The van der Waals surface area contributed by atoms with Gasteiger partial charge in [0.05, 0.1) is 53.6 Å². The summed E-state index contributed by atoms with van der Waals surface area (Å²) in [5.41, 5.74) is 3.24. The zero-order valence-electron chi connectivity index (χ0n) is 28.5. The van der Waals surface area contributed by atoms with Crippen LogP contribution in [0.25, 0.3) is 0 Å². The Bertz CT molecular complexity index is 2160. The van der Waals surface area contributed by atoms with Gasteiger partial charge in [-0.3, -0.25) is 0 Å². The third kappa shape index (κ3) is 11.0. The molecule has 0 radical (unpaired) electrons. The summed E-state index contributed by atoms with van der Waals surface area (Å²) in [6.07, 6.45) is 5.14. The second kappa shape index (κ2) is 16.4. The van der Waals surface area contributed by atoms with E-state index in [4.69, 9.17) is 0 Å². The maximum Gasteiger partial charge on any atom is 1.00 e. The monoisotopic (exact) mass is 806 g/mol. The minimum atomic E-state index is -4.79. The van der Waals surface area contributed by atoms with Crippen molar-refractivity contribution in [1.29, 1.82) is 0 Å². The number of rotatable bonds is 12. The third-order valence-corrected chi connectivity index (χ3v) is 12.6. The van der Waals surface area contributed by atoms with E-state index in [0.717, 1.165) is 16.8 Å². The van der Waals surface area contributed by atoms with E-state index in [9.17, 15) is 47.3 Å². The second-order valence-corrected chi connectivity index (χ2v) is 19.3. The summed E-state index contributed by atoms with van der Waals surface area (Å²) in [5.74, 6) is -3.39. The van der Waals surface area contributed by atoms with Crippen molar-refractivity contribution in [2.45, 2.75) is 50.3 Å². The molecule has 13 nitrogen and oxygen atoms in total. The molecule has 0 aliphatic carbocycles. The Balaban J connectivity index is 0.00000417. The molecule has 0 saturated heterocycles. The number of nitrogens with zero attached hydrogens (tertiary/aromatic N) is 2. The predicted octanol–water partition coefficient (Wildman–Crippen LogP) is -3.97. The van der Waals surface area contributed by atoms with Crippen molar-refractivity contribution in [2.75, 3.05) is 41.0 Å². The van der Waals surface area contributed by atoms with Gasteiger partial charge in [0.15, 0.2) is 22.1 Å². The summed E-state index contributed by atoms with van der Waals surface area (Å²) < 4.78 is 130. The number of fused-ring (bicyclic) bond motifs is 2. The normalized spacial score (nSPS) is 18.0. The van der Waals surface area contributed by atoms with E-state index in [1.165, 1.54) is 18.2 Å². The fraction of sp³-hybridized carbons (Fsp3) is 0.433. The Morgan fingerprint density at radius 1 is 0.735 bits per heavy atom. The first-order valence-electron chi connectivity index (χ1n) is 14.4. The number of aryl methyl sites for hydroxylation is 1. The molecule has 0 aromatic heterocycles. The molecule has 2 heterocycles. The quantitative estimate of drug-likeness (QED) is 0.114. The number of allylic oxidation sites excluding steroid dienone is 4. The van der Waals surface area contributed by atoms with Crippen LogP contribution in [-0.2, 0) is 51.0 Å². The Morgan fingerprint density at radius 3 is 1.90 bits per heavy atom. The van der Waals surface area contributed by atoms with Crippen molar-refractivity contribution in [3.8, 4) is 0 Å². The molecule has 4 rings (SSSR count). The Morgan fingerprint density at radius 2 is 1.33 bits per heavy atom. The van der Waals surface area contributed by atoms with Gasteiger partial charge in [-0.2, -0.15) is 4.58 Å². The SMILES string of the molecule is Cc1ccc2c(c1)C(C)(C)/C(=C\C=CC1=[N+](CCS(=O)(=O)[O-])c3ccc(S(=O)(=O)CCS(=O)(=O)[O-])cc3C1(C)C)N2CCS(=O)(=O)[O-].[K+].[K+]. The first-order valence-corrected chi connectivity index (χ1v) is 20.8. The van der Waals surface area contributed by atoms with Crippen molar-refractivity contribution in [2.24, 2.45) is 0 Å². The number of anilines is 1. The van der Waals surface area contributed by atoms with Crippen molar-refractivity contribution in [3.05, 3.63) is 77.0 Å². The third-order valence-electron chi connectivity index (χ3n) is 8.51. The van der Waals surface area contributed by atoms with Gasteiger partial charge in [0.25, 0.3) is 0 Å².